The van der Waals surface area contributed by atoms with Gasteiger partial charge >= 0.3 is 0 Å². The number of carbonyl (C=O) groups is 1. The number of sulfone groups is 1. The van der Waals surface area contributed by atoms with Crippen molar-refractivity contribution in [1.29, 1.82) is 0 Å². The van der Waals surface area contributed by atoms with E-state index < -0.39 is 9.84 Å². The lowest BCUT2D eigenvalue weighted by Crippen LogP contribution is -2.28. The molecule has 4 nitrogen and oxygen atoms in total. The number of benzene rings is 1. The molecule has 0 aliphatic carbocycles. The first-order valence-electron chi connectivity index (χ1n) is 6.07. The van der Waals surface area contributed by atoms with Crippen LogP contribution in [0.25, 0.3) is 0 Å². The fraction of sp³-hybridized carbons (Fsp3) is 0.462. The van der Waals surface area contributed by atoms with E-state index in [2.05, 4.69) is 0 Å². The fourth-order valence-electron chi connectivity index (χ4n) is 2.17. The first kappa shape index (κ1) is 14.3. The van der Waals surface area contributed by atoms with Crippen LogP contribution in [0.4, 0.5) is 0 Å². The van der Waals surface area contributed by atoms with Gasteiger partial charge in [-0.2, -0.15) is 0 Å². The number of hydrogen-bond donors (Lipinski definition) is 0. The zero-order valence-corrected chi connectivity index (χ0v) is 12.2. The molecule has 1 aliphatic rings. The number of rotatable bonds is 3. The molecule has 1 unspecified atom stereocenters. The molecule has 0 aromatic heterocycles. The summed E-state index contributed by atoms with van der Waals surface area (Å²) >= 11 is 5.79. The van der Waals surface area contributed by atoms with Crippen LogP contribution in [0.1, 0.15) is 16.8 Å². The van der Waals surface area contributed by atoms with Crippen molar-refractivity contribution in [2.75, 3.05) is 25.2 Å². The average Bonchev–Trinajstić information content (AvgIpc) is 2.86. The van der Waals surface area contributed by atoms with E-state index in [0.29, 0.717) is 30.5 Å². The Balaban J connectivity index is 2.13. The van der Waals surface area contributed by atoms with E-state index >= 15 is 0 Å². The largest absolute Gasteiger partial charge is 0.338 e. The van der Waals surface area contributed by atoms with Crippen LogP contribution in [0, 0.1) is 5.92 Å². The molecule has 0 spiro atoms. The van der Waals surface area contributed by atoms with Crippen molar-refractivity contribution in [3.63, 3.8) is 0 Å². The van der Waals surface area contributed by atoms with Crippen molar-refractivity contribution < 1.29 is 13.2 Å². The third-order valence-electron chi connectivity index (χ3n) is 3.32. The molecule has 1 aliphatic heterocycles. The zero-order chi connectivity index (χ0) is 14.0. The molecule has 104 valence electrons. The van der Waals surface area contributed by atoms with Gasteiger partial charge in [0.2, 0.25) is 0 Å². The predicted octanol–water partition coefficient (Wildman–Crippen LogP) is 1.79. The van der Waals surface area contributed by atoms with Gasteiger partial charge in [-0.3, -0.25) is 4.79 Å². The van der Waals surface area contributed by atoms with Crippen molar-refractivity contribution in [1.82, 2.24) is 4.90 Å². The summed E-state index contributed by atoms with van der Waals surface area (Å²) in [7, 11) is -3.22. The summed E-state index contributed by atoms with van der Waals surface area (Å²) in [6.07, 6.45) is 2.08. The molecule has 0 saturated carbocycles. The minimum atomic E-state index is -3.22. The Morgan fingerprint density at radius 2 is 2.00 bits per heavy atom. The van der Waals surface area contributed by atoms with Crippen LogP contribution < -0.4 is 0 Å². The summed E-state index contributed by atoms with van der Waals surface area (Å²) in [4.78, 5) is 14.2. The van der Waals surface area contributed by atoms with Crippen LogP contribution in [0.3, 0.4) is 0 Å². The van der Waals surface area contributed by atoms with Crippen molar-refractivity contribution in [2.24, 2.45) is 5.92 Å². The Morgan fingerprint density at radius 1 is 1.37 bits per heavy atom. The molecule has 0 radical (unpaired) electrons. The van der Waals surface area contributed by atoms with Crippen LogP contribution in [0.15, 0.2) is 29.2 Å². The second-order valence-electron chi connectivity index (χ2n) is 4.86. The maximum atomic E-state index is 12.2. The van der Waals surface area contributed by atoms with Crippen LogP contribution in [0.2, 0.25) is 0 Å². The molecule has 1 amide bonds. The average molecular weight is 302 g/mol. The first-order chi connectivity index (χ1) is 8.91. The van der Waals surface area contributed by atoms with E-state index in [1.165, 1.54) is 12.1 Å². The molecule has 1 aromatic carbocycles. The second-order valence-corrected chi connectivity index (χ2v) is 7.18. The number of hydrogen-bond acceptors (Lipinski definition) is 3. The first-order valence-corrected chi connectivity index (χ1v) is 8.50. The maximum absolute atomic E-state index is 12.2. The minimum Gasteiger partial charge on any atom is -0.338 e. The summed E-state index contributed by atoms with van der Waals surface area (Å²) in [6, 6.07) is 6.06. The highest BCUT2D eigenvalue weighted by atomic mass is 35.5. The van der Waals surface area contributed by atoms with E-state index in [4.69, 9.17) is 11.6 Å². The van der Waals surface area contributed by atoms with Gasteiger partial charge < -0.3 is 4.90 Å². The second kappa shape index (κ2) is 5.51. The quantitative estimate of drug-likeness (QED) is 0.800. The lowest BCUT2D eigenvalue weighted by atomic mass is 10.1. The van der Waals surface area contributed by atoms with Crippen molar-refractivity contribution in [3.05, 3.63) is 29.8 Å². The predicted molar refractivity (Wildman–Crippen MR) is 74.3 cm³/mol. The Kier molecular flexibility index (Phi) is 4.16. The highest BCUT2D eigenvalue weighted by Gasteiger charge is 2.26. The van der Waals surface area contributed by atoms with Gasteiger partial charge in [-0.05, 0) is 36.6 Å². The summed E-state index contributed by atoms with van der Waals surface area (Å²) < 4.78 is 22.7. The van der Waals surface area contributed by atoms with Gasteiger partial charge in [-0.15, -0.1) is 11.6 Å². The minimum absolute atomic E-state index is 0.0623. The van der Waals surface area contributed by atoms with Crippen molar-refractivity contribution in [2.45, 2.75) is 11.3 Å². The maximum Gasteiger partial charge on any atom is 0.253 e. The van der Waals surface area contributed by atoms with Crippen LogP contribution >= 0.6 is 11.6 Å². The number of likely N-dealkylation sites (tertiary alicyclic amines) is 1. The highest BCUT2D eigenvalue weighted by molar-refractivity contribution is 7.90. The third kappa shape index (κ3) is 3.28. The van der Waals surface area contributed by atoms with Gasteiger partial charge in [0.05, 0.1) is 4.90 Å². The molecule has 0 bridgehead atoms. The zero-order valence-electron chi connectivity index (χ0n) is 10.7. The van der Waals surface area contributed by atoms with Gasteiger partial charge in [-0.1, -0.05) is 0 Å². The molecular formula is C13H16ClNO3S. The van der Waals surface area contributed by atoms with Crippen LogP contribution in [-0.2, 0) is 9.84 Å². The number of alkyl halides is 1. The molecule has 1 heterocycles. The summed E-state index contributed by atoms with van der Waals surface area (Å²) in [6.45, 7) is 1.39. The Bertz CT molecular complexity index is 568. The molecule has 1 atom stereocenters. The molecule has 1 aromatic rings. The lowest BCUT2D eigenvalue weighted by molar-refractivity contribution is 0.0788. The monoisotopic (exact) mass is 301 g/mol. The van der Waals surface area contributed by atoms with Crippen LogP contribution in [-0.4, -0.2) is 44.5 Å². The van der Waals surface area contributed by atoms with Gasteiger partial charge in [-0.25, -0.2) is 8.42 Å². The molecule has 2 rings (SSSR count). The van der Waals surface area contributed by atoms with Gasteiger partial charge in [0.1, 0.15) is 0 Å². The molecular weight excluding hydrogens is 286 g/mol. The SMILES string of the molecule is CS(=O)(=O)c1ccc(C(=O)N2CCC(CCl)C2)cc1. The molecule has 19 heavy (non-hydrogen) atoms. The number of nitrogens with zero attached hydrogens (tertiary/aromatic N) is 1. The van der Waals surface area contributed by atoms with Gasteiger partial charge in [0, 0.05) is 30.8 Å². The number of halogens is 1. The smallest absolute Gasteiger partial charge is 0.253 e. The van der Waals surface area contributed by atoms with Crippen molar-refractivity contribution >= 4 is 27.3 Å². The summed E-state index contributed by atoms with van der Waals surface area (Å²) in [5.74, 6) is 0.866. The molecule has 1 fully saturated rings. The van der Waals surface area contributed by atoms with E-state index in [9.17, 15) is 13.2 Å². The number of amides is 1. The highest BCUT2D eigenvalue weighted by Crippen LogP contribution is 2.20. The topological polar surface area (TPSA) is 54.5 Å². The Morgan fingerprint density at radius 3 is 2.47 bits per heavy atom. The molecule has 0 N–H and O–H groups in total. The fourth-order valence-corrected chi connectivity index (χ4v) is 3.05. The van der Waals surface area contributed by atoms with Crippen LogP contribution in [0.5, 0.6) is 0 Å². The van der Waals surface area contributed by atoms with Gasteiger partial charge in [0.15, 0.2) is 9.84 Å². The molecule has 6 heteroatoms. The van der Waals surface area contributed by atoms with Gasteiger partial charge in [0.25, 0.3) is 5.91 Å². The van der Waals surface area contributed by atoms with E-state index in [0.717, 1.165) is 12.7 Å². The van der Waals surface area contributed by atoms with E-state index in [1.54, 1.807) is 17.0 Å². The lowest BCUT2D eigenvalue weighted by Gasteiger charge is -2.16. The standard InChI is InChI=1S/C13H16ClNO3S/c1-19(17,18)12-4-2-11(3-5-12)13(16)15-7-6-10(8-14)9-15/h2-5,10H,6-9H2,1H3. The number of carbonyl (C=O) groups excluding carboxylic acids is 1. The molecule has 1 saturated heterocycles. The third-order valence-corrected chi connectivity index (χ3v) is 4.89. The Labute approximate surface area is 118 Å². The van der Waals surface area contributed by atoms with E-state index in [-0.39, 0.29) is 10.8 Å². The van der Waals surface area contributed by atoms with E-state index in [1.807, 2.05) is 0 Å². The normalized spacial score (nSPS) is 19.7. The van der Waals surface area contributed by atoms with Crippen molar-refractivity contribution in [3.8, 4) is 0 Å². The summed E-state index contributed by atoms with van der Waals surface area (Å²) in [5, 5.41) is 0. The Hall–Kier alpha value is -1.07. The summed E-state index contributed by atoms with van der Waals surface area (Å²) in [5.41, 5.74) is 0.516.